The van der Waals surface area contributed by atoms with Crippen LogP contribution in [0.4, 0.5) is 4.39 Å². The molecule has 0 bridgehead atoms. The third-order valence-electron chi connectivity index (χ3n) is 4.62. The van der Waals surface area contributed by atoms with Crippen LogP contribution >= 0.6 is 0 Å². The Morgan fingerprint density at radius 2 is 1.93 bits per heavy atom. The Morgan fingerprint density at radius 3 is 2.63 bits per heavy atom. The maximum atomic E-state index is 13.4. The lowest BCUT2D eigenvalue weighted by molar-refractivity contribution is 0.101. The van der Waals surface area contributed by atoms with Crippen molar-refractivity contribution in [1.29, 1.82) is 0 Å². The van der Waals surface area contributed by atoms with Gasteiger partial charge in [-0.15, -0.1) is 0 Å². The largest absolute Gasteiger partial charge is 0.273 e. The molecule has 4 rings (SSSR count). The van der Waals surface area contributed by atoms with Crippen molar-refractivity contribution >= 4 is 26.6 Å². The fraction of sp³-hybridized carbons (Fsp3) is 0.0952. The van der Waals surface area contributed by atoms with Crippen LogP contribution in [0, 0.1) is 12.7 Å². The smallest absolute Gasteiger partial charge is 0.267 e. The maximum absolute atomic E-state index is 13.4. The molecule has 1 amide bonds. The second-order valence-corrected chi connectivity index (χ2v) is 8.84. The monoisotopic (exact) mass is 424 g/mol. The minimum atomic E-state index is -3.32. The van der Waals surface area contributed by atoms with E-state index in [2.05, 4.69) is 15.4 Å². The number of aryl methyl sites for hydroxylation is 1. The summed E-state index contributed by atoms with van der Waals surface area (Å²) in [4.78, 5) is 21.5. The summed E-state index contributed by atoms with van der Waals surface area (Å²) in [6.45, 7) is 1.67. The molecule has 0 saturated carbocycles. The van der Waals surface area contributed by atoms with Crippen molar-refractivity contribution in [3.8, 4) is 11.4 Å². The lowest BCUT2D eigenvalue weighted by atomic mass is 10.2. The highest BCUT2D eigenvalue weighted by atomic mass is 32.2. The van der Waals surface area contributed by atoms with E-state index < -0.39 is 21.6 Å². The molecule has 2 heterocycles. The zero-order valence-corrected chi connectivity index (χ0v) is 16.9. The van der Waals surface area contributed by atoms with Crippen molar-refractivity contribution < 1.29 is 17.6 Å². The number of amides is 1. The zero-order valence-electron chi connectivity index (χ0n) is 16.1. The molecule has 152 valence electrons. The van der Waals surface area contributed by atoms with E-state index in [1.165, 1.54) is 29.1 Å². The standard InChI is InChI=1S/C21H17FN4O3S/c1-13-18(12-23-20(24-13)15-4-3-5-16(22)10-15)21(27)25-26-9-8-14-11-17(30(2,28)29)6-7-19(14)26/h3-12H,1-2H3,(H,25,27). The van der Waals surface area contributed by atoms with Crippen molar-refractivity contribution in [2.24, 2.45) is 0 Å². The van der Waals surface area contributed by atoms with Gasteiger partial charge in [-0.05, 0) is 43.3 Å². The number of nitrogens with one attached hydrogen (secondary N) is 1. The highest BCUT2D eigenvalue weighted by Crippen LogP contribution is 2.21. The molecule has 0 saturated heterocycles. The second kappa shape index (κ2) is 7.34. The van der Waals surface area contributed by atoms with Crippen LogP contribution in [0.15, 0.2) is 65.8 Å². The summed E-state index contributed by atoms with van der Waals surface area (Å²) < 4.78 is 38.4. The summed E-state index contributed by atoms with van der Waals surface area (Å²) >= 11 is 0. The molecule has 30 heavy (non-hydrogen) atoms. The number of hydrogen-bond acceptors (Lipinski definition) is 5. The van der Waals surface area contributed by atoms with Crippen LogP contribution in [0.25, 0.3) is 22.3 Å². The van der Waals surface area contributed by atoms with Crippen LogP contribution in [0.5, 0.6) is 0 Å². The lowest BCUT2D eigenvalue weighted by Gasteiger charge is -2.10. The van der Waals surface area contributed by atoms with E-state index in [4.69, 9.17) is 0 Å². The van der Waals surface area contributed by atoms with E-state index in [9.17, 15) is 17.6 Å². The number of benzene rings is 2. The minimum absolute atomic E-state index is 0.205. The lowest BCUT2D eigenvalue weighted by Crippen LogP contribution is -2.23. The molecule has 2 aromatic carbocycles. The molecular weight excluding hydrogens is 407 g/mol. The number of sulfone groups is 1. The van der Waals surface area contributed by atoms with Gasteiger partial charge < -0.3 is 0 Å². The Labute approximate surface area is 172 Å². The summed E-state index contributed by atoms with van der Waals surface area (Å²) in [5, 5.41) is 0.674. The predicted octanol–water partition coefficient (Wildman–Crippen LogP) is 3.33. The number of carbonyl (C=O) groups excluding carboxylic acids is 1. The average Bonchev–Trinajstić information content (AvgIpc) is 3.09. The number of rotatable bonds is 4. The van der Waals surface area contributed by atoms with Gasteiger partial charge in [0.1, 0.15) is 5.82 Å². The van der Waals surface area contributed by atoms with E-state index in [1.807, 2.05) is 0 Å². The highest BCUT2D eigenvalue weighted by Gasteiger charge is 2.15. The van der Waals surface area contributed by atoms with Crippen LogP contribution in [-0.2, 0) is 9.84 Å². The Balaban J connectivity index is 1.61. The third kappa shape index (κ3) is 3.79. The molecule has 4 aromatic rings. The van der Waals surface area contributed by atoms with Crippen LogP contribution in [0.2, 0.25) is 0 Å². The summed E-state index contributed by atoms with van der Waals surface area (Å²) in [7, 11) is -3.32. The Morgan fingerprint density at radius 1 is 1.13 bits per heavy atom. The van der Waals surface area contributed by atoms with Gasteiger partial charge in [-0.2, -0.15) is 0 Å². The number of carbonyl (C=O) groups is 1. The Kier molecular flexibility index (Phi) is 4.83. The van der Waals surface area contributed by atoms with Crippen molar-refractivity contribution in [2.75, 3.05) is 11.7 Å². The Bertz CT molecular complexity index is 1400. The van der Waals surface area contributed by atoms with Gasteiger partial charge in [0.05, 0.1) is 21.7 Å². The van der Waals surface area contributed by atoms with Crippen LogP contribution in [-0.4, -0.2) is 35.2 Å². The van der Waals surface area contributed by atoms with E-state index in [0.29, 0.717) is 28.0 Å². The first-order valence-electron chi connectivity index (χ1n) is 8.94. The zero-order chi connectivity index (χ0) is 21.5. The molecule has 0 unspecified atom stereocenters. The summed E-state index contributed by atoms with van der Waals surface area (Å²) in [6.07, 6.45) is 4.17. The summed E-state index contributed by atoms with van der Waals surface area (Å²) in [5.41, 5.74) is 4.61. The maximum Gasteiger partial charge on any atom is 0.273 e. The fourth-order valence-corrected chi connectivity index (χ4v) is 3.73. The molecule has 0 aliphatic heterocycles. The normalized spacial score (nSPS) is 11.6. The molecule has 0 aliphatic rings. The van der Waals surface area contributed by atoms with Gasteiger partial charge in [-0.1, -0.05) is 12.1 Å². The quantitative estimate of drug-likeness (QED) is 0.542. The van der Waals surface area contributed by atoms with E-state index >= 15 is 0 Å². The minimum Gasteiger partial charge on any atom is -0.267 e. The first-order chi connectivity index (χ1) is 14.2. The Hall–Kier alpha value is -3.59. The molecule has 7 nitrogen and oxygen atoms in total. The molecule has 0 radical (unpaired) electrons. The van der Waals surface area contributed by atoms with E-state index in [0.717, 1.165) is 6.26 Å². The number of fused-ring (bicyclic) bond motifs is 1. The number of halogens is 1. The number of hydrogen-bond donors (Lipinski definition) is 1. The molecule has 1 N–H and O–H groups in total. The highest BCUT2D eigenvalue weighted by molar-refractivity contribution is 7.90. The van der Waals surface area contributed by atoms with Gasteiger partial charge in [0.2, 0.25) is 0 Å². The molecule has 0 atom stereocenters. The van der Waals surface area contributed by atoms with Crippen molar-refractivity contribution in [2.45, 2.75) is 11.8 Å². The van der Waals surface area contributed by atoms with E-state index in [1.54, 1.807) is 43.5 Å². The topological polar surface area (TPSA) is 93.9 Å². The van der Waals surface area contributed by atoms with Crippen molar-refractivity contribution in [3.63, 3.8) is 0 Å². The van der Waals surface area contributed by atoms with Crippen LogP contribution < -0.4 is 5.43 Å². The first kappa shape index (κ1) is 19.7. The van der Waals surface area contributed by atoms with Gasteiger partial charge in [-0.3, -0.25) is 14.9 Å². The first-order valence-corrected chi connectivity index (χ1v) is 10.8. The summed E-state index contributed by atoms with van der Waals surface area (Å²) in [6, 6.07) is 12.3. The van der Waals surface area contributed by atoms with Crippen LogP contribution in [0.1, 0.15) is 16.1 Å². The molecule has 0 spiro atoms. The SMILES string of the molecule is Cc1nc(-c2cccc(F)c2)ncc1C(=O)Nn1ccc2cc(S(C)(=O)=O)ccc21. The van der Waals surface area contributed by atoms with Crippen molar-refractivity contribution in [1.82, 2.24) is 14.6 Å². The third-order valence-corrected chi connectivity index (χ3v) is 5.73. The van der Waals surface area contributed by atoms with Gasteiger partial charge in [0.15, 0.2) is 15.7 Å². The number of aromatic nitrogens is 3. The molecule has 0 aliphatic carbocycles. The van der Waals surface area contributed by atoms with Gasteiger partial charge in [-0.25, -0.2) is 22.8 Å². The molecular formula is C21H17FN4O3S. The number of nitrogens with zero attached hydrogens (tertiary/aromatic N) is 3. The fourth-order valence-electron chi connectivity index (χ4n) is 3.08. The van der Waals surface area contributed by atoms with Gasteiger partial charge in [0.25, 0.3) is 5.91 Å². The summed E-state index contributed by atoms with van der Waals surface area (Å²) in [5.74, 6) is -0.500. The van der Waals surface area contributed by atoms with Crippen molar-refractivity contribution in [3.05, 3.63) is 78.0 Å². The second-order valence-electron chi connectivity index (χ2n) is 6.82. The molecule has 9 heteroatoms. The molecule has 2 aromatic heterocycles. The van der Waals surface area contributed by atoms with Gasteiger partial charge in [0, 0.05) is 29.6 Å². The van der Waals surface area contributed by atoms with Crippen LogP contribution in [0.3, 0.4) is 0 Å². The molecule has 0 fully saturated rings. The van der Waals surface area contributed by atoms with E-state index in [-0.39, 0.29) is 10.5 Å². The predicted molar refractivity (Wildman–Crippen MR) is 111 cm³/mol. The van der Waals surface area contributed by atoms with Gasteiger partial charge >= 0.3 is 0 Å². The average molecular weight is 424 g/mol.